The van der Waals surface area contributed by atoms with Crippen molar-refractivity contribution < 1.29 is 36.7 Å². The topological polar surface area (TPSA) is 158 Å². The number of nitro groups is 1. The highest BCUT2D eigenvalue weighted by atomic mass is 32.2. The molecule has 31 heavy (non-hydrogen) atoms. The molecule has 2 amide bonds. The average Bonchev–Trinajstić information content (AvgIpc) is 3.06. The molecule has 0 bridgehead atoms. The summed E-state index contributed by atoms with van der Waals surface area (Å²) in [4.78, 5) is 41.5. The molecule has 1 saturated heterocycles. The van der Waals surface area contributed by atoms with Crippen molar-refractivity contribution >= 4 is 33.6 Å². The van der Waals surface area contributed by atoms with Crippen molar-refractivity contribution in [3.05, 3.63) is 39.9 Å². The van der Waals surface area contributed by atoms with Gasteiger partial charge < -0.3 is 14.5 Å². The number of likely N-dealkylation sites (N-methyl/N-ethyl adjacent to an activating group) is 1. The maximum Gasteiger partial charge on any atom is 0.415 e. The number of amides is 2. The molecule has 1 aromatic carbocycles. The van der Waals surface area contributed by atoms with Crippen LogP contribution in [0.4, 0.5) is 10.5 Å². The molecule has 14 heteroatoms. The Morgan fingerprint density at radius 1 is 1.29 bits per heavy atom. The third kappa shape index (κ3) is 7.49. The molecule has 0 saturated carbocycles. The lowest BCUT2D eigenvalue weighted by atomic mass is 10.2. The lowest BCUT2D eigenvalue weighted by molar-refractivity contribution is -0.384. The van der Waals surface area contributed by atoms with Gasteiger partial charge in [-0.15, -0.1) is 0 Å². The smallest absolute Gasteiger partial charge is 0.415 e. The normalized spacial score (nSPS) is 17.5. The number of non-ortho nitro benzene ring substituents is 1. The second-order valence-corrected chi connectivity index (χ2v) is 8.39. The number of nitro benzene ring substituents is 1. The van der Waals surface area contributed by atoms with Crippen LogP contribution in [0.15, 0.2) is 29.4 Å². The summed E-state index contributed by atoms with van der Waals surface area (Å²) in [5, 5.41) is 14.5. The van der Waals surface area contributed by atoms with Crippen LogP contribution in [-0.4, -0.2) is 80.6 Å². The molecular formula is C17H22N4O9S. The van der Waals surface area contributed by atoms with Gasteiger partial charge in [0.2, 0.25) is 0 Å². The predicted octanol–water partition coefficient (Wildman–Crippen LogP) is 0.700. The van der Waals surface area contributed by atoms with Crippen molar-refractivity contribution in [2.24, 2.45) is 5.16 Å². The fourth-order valence-electron chi connectivity index (χ4n) is 2.49. The summed E-state index contributed by atoms with van der Waals surface area (Å²) in [7, 11) is -0.714. The van der Waals surface area contributed by atoms with E-state index in [0.717, 1.165) is 11.2 Å². The van der Waals surface area contributed by atoms with E-state index in [-0.39, 0.29) is 43.6 Å². The summed E-state index contributed by atoms with van der Waals surface area (Å²) in [5.74, 6) is -0.326. The van der Waals surface area contributed by atoms with Gasteiger partial charge in [-0.25, -0.2) is 4.79 Å². The van der Waals surface area contributed by atoms with E-state index >= 15 is 0 Å². The zero-order chi connectivity index (χ0) is 23.2. The summed E-state index contributed by atoms with van der Waals surface area (Å²) in [6.07, 6.45) is -0.922. The minimum absolute atomic E-state index is 0.0360. The van der Waals surface area contributed by atoms with Crippen LogP contribution in [0.5, 0.6) is 0 Å². The lowest BCUT2D eigenvalue weighted by Gasteiger charge is -2.17. The highest BCUT2D eigenvalue weighted by molar-refractivity contribution is 7.86. The van der Waals surface area contributed by atoms with E-state index in [1.54, 1.807) is 0 Å². The highest BCUT2D eigenvalue weighted by Crippen LogP contribution is 2.20. The van der Waals surface area contributed by atoms with Crippen molar-refractivity contribution in [2.45, 2.75) is 19.1 Å². The van der Waals surface area contributed by atoms with Crippen LogP contribution in [0, 0.1) is 10.1 Å². The number of carbonyl (C=O) groups excluding carboxylic acids is 2. The van der Waals surface area contributed by atoms with E-state index in [9.17, 15) is 28.1 Å². The number of rotatable bonds is 8. The fourth-order valence-corrected chi connectivity index (χ4v) is 3.12. The molecule has 1 heterocycles. The minimum Gasteiger partial charge on any atom is -0.444 e. The number of ether oxygens (including phenoxy) is 1. The Morgan fingerprint density at radius 2 is 1.94 bits per heavy atom. The Morgan fingerprint density at radius 3 is 2.48 bits per heavy atom. The molecule has 2 rings (SSSR count). The standard InChI is InChI=1S/C17H22N4O9S/c1-19(2)16(22)11-29-18-15-8-14(30-31(3,26)27)9-20(15)17(23)28-10-12-4-6-13(7-5-12)21(24)25/h4-7,14H,8-11H2,1-3H3/b18-15+/t14-/m1/s1. The van der Waals surface area contributed by atoms with E-state index in [1.807, 2.05) is 0 Å². The Labute approximate surface area is 178 Å². The first-order valence-corrected chi connectivity index (χ1v) is 10.7. The summed E-state index contributed by atoms with van der Waals surface area (Å²) in [5.41, 5.74) is 0.405. The first-order chi connectivity index (χ1) is 14.5. The van der Waals surface area contributed by atoms with E-state index in [2.05, 4.69) is 5.16 Å². The van der Waals surface area contributed by atoms with Crippen LogP contribution in [0.3, 0.4) is 0 Å². The molecule has 1 aliphatic heterocycles. The molecule has 0 N–H and O–H groups in total. The molecule has 0 aromatic heterocycles. The van der Waals surface area contributed by atoms with Crippen LogP contribution < -0.4 is 0 Å². The van der Waals surface area contributed by atoms with Gasteiger partial charge in [-0.2, -0.15) is 8.42 Å². The number of amidine groups is 1. The zero-order valence-electron chi connectivity index (χ0n) is 17.1. The van der Waals surface area contributed by atoms with Gasteiger partial charge in [-0.05, 0) is 17.7 Å². The van der Waals surface area contributed by atoms with Gasteiger partial charge in [0.15, 0.2) is 12.4 Å². The lowest BCUT2D eigenvalue weighted by Crippen LogP contribution is -2.34. The SMILES string of the molecule is CN(C)C(=O)CO/N=C1\C[C@@H](OS(C)(=O)=O)CN1C(=O)OCc1ccc([N+](=O)[O-])cc1. The third-order valence-electron chi connectivity index (χ3n) is 4.01. The summed E-state index contributed by atoms with van der Waals surface area (Å²) in [6, 6.07) is 5.43. The van der Waals surface area contributed by atoms with E-state index < -0.39 is 27.2 Å². The monoisotopic (exact) mass is 458 g/mol. The Bertz CT molecular complexity index is 960. The van der Waals surface area contributed by atoms with Crippen molar-refractivity contribution in [1.29, 1.82) is 0 Å². The van der Waals surface area contributed by atoms with Crippen LogP contribution in [0.1, 0.15) is 12.0 Å². The molecule has 1 fully saturated rings. The molecule has 1 aromatic rings. The summed E-state index contributed by atoms with van der Waals surface area (Å²) >= 11 is 0. The number of oxime groups is 1. The maximum atomic E-state index is 12.5. The van der Waals surface area contributed by atoms with E-state index in [0.29, 0.717) is 5.56 Å². The molecule has 0 radical (unpaired) electrons. The van der Waals surface area contributed by atoms with Crippen LogP contribution in [0.2, 0.25) is 0 Å². The first kappa shape index (κ1) is 24.0. The Balaban J connectivity index is 2.05. The number of carbonyl (C=O) groups is 2. The van der Waals surface area contributed by atoms with Gasteiger partial charge in [-0.3, -0.25) is 24.0 Å². The van der Waals surface area contributed by atoms with Crippen LogP contribution in [0.25, 0.3) is 0 Å². The first-order valence-electron chi connectivity index (χ1n) is 8.91. The number of nitrogens with zero attached hydrogens (tertiary/aromatic N) is 4. The van der Waals surface area contributed by atoms with E-state index in [1.165, 1.54) is 43.3 Å². The van der Waals surface area contributed by atoms with Gasteiger partial charge in [0.25, 0.3) is 21.7 Å². The highest BCUT2D eigenvalue weighted by Gasteiger charge is 2.36. The Kier molecular flexibility index (Phi) is 7.88. The van der Waals surface area contributed by atoms with Crippen LogP contribution >= 0.6 is 0 Å². The van der Waals surface area contributed by atoms with Gasteiger partial charge >= 0.3 is 6.09 Å². The number of hydrogen-bond acceptors (Lipinski definition) is 10. The van der Waals surface area contributed by atoms with Gasteiger partial charge in [0.05, 0.1) is 17.7 Å². The largest absolute Gasteiger partial charge is 0.444 e. The second kappa shape index (κ2) is 10.2. The molecular weight excluding hydrogens is 436 g/mol. The van der Waals surface area contributed by atoms with E-state index in [4.69, 9.17) is 13.8 Å². The van der Waals surface area contributed by atoms with Gasteiger partial charge in [-0.1, -0.05) is 5.16 Å². The van der Waals surface area contributed by atoms with Crippen molar-refractivity contribution in [1.82, 2.24) is 9.80 Å². The van der Waals surface area contributed by atoms with Crippen molar-refractivity contribution in [3.8, 4) is 0 Å². The van der Waals surface area contributed by atoms with Crippen LogP contribution in [-0.2, 0) is 35.3 Å². The molecule has 1 aliphatic rings. The number of hydrogen-bond donors (Lipinski definition) is 0. The average molecular weight is 458 g/mol. The molecule has 0 unspecified atom stereocenters. The second-order valence-electron chi connectivity index (χ2n) is 6.78. The summed E-state index contributed by atoms with van der Waals surface area (Å²) < 4.78 is 32.9. The quantitative estimate of drug-likeness (QED) is 0.310. The number of benzene rings is 1. The number of likely N-dealkylation sites (tertiary alicyclic amines) is 1. The zero-order valence-corrected chi connectivity index (χ0v) is 17.9. The molecule has 0 spiro atoms. The Hall–Kier alpha value is -3.26. The molecule has 170 valence electrons. The van der Waals surface area contributed by atoms with Crippen molar-refractivity contribution in [3.63, 3.8) is 0 Å². The van der Waals surface area contributed by atoms with Gasteiger partial charge in [0, 0.05) is 32.6 Å². The molecule has 13 nitrogen and oxygen atoms in total. The fraction of sp³-hybridized carbons (Fsp3) is 0.471. The molecule has 1 atom stereocenters. The maximum absolute atomic E-state index is 12.5. The summed E-state index contributed by atoms with van der Waals surface area (Å²) in [6.45, 7) is -0.714. The van der Waals surface area contributed by atoms with Crippen molar-refractivity contribution in [2.75, 3.05) is 33.5 Å². The minimum atomic E-state index is -3.78. The predicted molar refractivity (Wildman–Crippen MR) is 106 cm³/mol. The molecule has 0 aliphatic carbocycles. The third-order valence-corrected chi connectivity index (χ3v) is 4.63. The van der Waals surface area contributed by atoms with Gasteiger partial charge in [0.1, 0.15) is 12.7 Å².